The van der Waals surface area contributed by atoms with Crippen molar-refractivity contribution in [1.29, 1.82) is 0 Å². The Balaban J connectivity index is 1.36. The van der Waals surface area contributed by atoms with Crippen LogP contribution in [0.3, 0.4) is 0 Å². The molecule has 2 aliphatic heterocycles. The maximum absolute atomic E-state index is 13.0. The standard InChI is InChI=1S/C26H30N4O2/c1-18-13-15-29(17-18)21-10-8-20(9-11-21)27-25(31)19-7-12-22-23(16-19)28-24-6-4-2-3-5-14-30(24)26(22)32/h7-12,16,18H,2-6,13-15,17H2,1H3,(H,27,31). The summed E-state index contributed by atoms with van der Waals surface area (Å²) in [5, 5.41) is 3.55. The fourth-order valence-corrected chi connectivity index (χ4v) is 4.86. The van der Waals surface area contributed by atoms with Gasteiger partial charge < -0.3 is 10.2 Å². The molecule has 3 heterocycles. The van der Waals surface area contributed by atoms with Crippen molar-refractivity contribution in [1.82, 2.24) is 9.55 Å². The first-order chi connectivity index (χ1) is 15.6. The molecule has 6 nitrogen and oxygen atoms in total. The summed E-state index contributed by atoms with van der Waals surface area (Å²) >= 11 is 0. The summed E-state index contributed by atoms with van der Waals surface area (Å²) in [6.45, 7) is 5.17. The monoisotopic (exact) mass is 430 g/mol. The van der Waals surface area contributed by atoms with Crippen molar-refractivity contribution in [2.75, 3.05) is 23.3 Å². The summed E-state index contributed by atoms with van der Waals surface area (Å²) in [6, 6.07) is 13.2. The van der Waals surface area contributed by atoms with Crippen LogP contribution in [0, 0.1) is 5.92 Å². The van der Waals surface area contributed by atoms with Crippen LogP contribution in [-0.2, 0) is 13.0 Å². The molecular weight excluding hydrogens is 400 g/mol. The Morgan fingerprint density at radius 3 is 2.62 bits per heavy atom. The first-order valence-electron chi connectivity index (χ1n) is 11.8. The van der Waals surface area contributed by atoms with E-state index in [0.717, 1.165) is 62.7 Å². The number of hydrogen-bond acceptors (Lipinski definition) is 4. The van der Waals surface area contributed by atoms with Crippen molar-refractivity contribution in [3.8, 4) is 0 Å². The van der Waals surface area contributed by atoms with Crippen molar-refractivity contribution in [3.63, 3.8) is 0 Å². The van der Waals surface area contributed by atoms with Gasteiger partial charge in [0.1, 0.15) is 5.82 Å². The molecule has 3 aromatic rings. The van der Waals surface area contributed by atoms with Crippen LogP contribution in [0.25, 0.3) is 10.9 Å². The molecule has 5 rings (SSSR count). The minimum Gasteiger partial charge on any atom is -0.371 e. The molecule has 6 heteroatoms. The molecule has 1 saturated heterocycles. The SMILES string of the molecule is CC1CCN(c2ccc(NC(=O)c3ccc4c(=O)n5c(nc4c3)CCCCCC5)cc2)C1. The van der Waals surface area contributed by atoms with Gasteiger partial charge in [0, 0.05) is 43.0 Å². The molecule has 1 N–H and O–H groups in total. The van der Waals surface area contributed by atoms with Gasteiger partial charge in [-0.15, -0.1) is 0 Å². The average molecular weight is 431 g/mol. The number of nitrogens with one attached hydrogen (secondary N) is 1. The molecule has 166 valence electrons. The lowest BCUT2D eigenvalue weighted by molar-refractivity contribution is 0.102. The van der Waals surface area contributed by atoms with Crippen LogP contribution < -0.4 is 15.8 Å². The Morgan fingerprint density at radius 1 is 1.03 bits per heavy atom. The quantitative estimate of drug-likeness (QED) is 0.659. The smallest absolute Gasteiger partial charge is 0.261 e. The summed E-state index contributed by atoms with van der Waals surface area (Å²) in [6.07, 6.45) is 6.42. The second-order valence-corrected chi connectivity index (χ2v) is 9.22. The maximum atomic E-state index is 13.0. The predicted molar refractivity (Wildman–Crippen MR) is 129 cm³/mol. The molecule has 0 aliphatic carbocycles. The van der Waals surface area contributed by atoms with Crippen molar-refractivity contribution in [2.45, 2.75) is 52.0 Å². The molecule has 1 aromatic heterocycles. The molecule has 2 aromatic carbocycles. The zero-order valence-electron chi connectivity index (χ0n) is 18.6. The van der Waals surface area contributed by atoms with E-state index in [9.17, 15) is 9.59 Å². The van der Waals surface area contributed by atoms with Crippen LogP contribution in [0.4, 0.5) is 11.4 Å². The Bertz CT molecular complexity index is 1200. The Labute approximate surface area is 188 Å². The van der Waals surface area contributed by atoms with E-state index in [2.05, 4.69) is 29.3 Å². The number of anilines is 2. The molecule has 1 amide bonds. The van der Waals surface area contributed by atoms with E-state index in [1.807, 2.05) is 16.7 Å². The zero-order valence-corrected chi connectivity index (χ0v) is 18.6. The summed E-state index contributed by atoms with van der Waals surface area (Å²) in [5.74, 6) is 1.37. The van der Waals surface area contributed by atoms with Gasteiger partial charge in [-0.25, -0.2) is 4.98 Å². The Morgan fingerprint density at radius 2 is 1.84 bits per heavy atom. The van der Waals surface area contributed by atoms with Crippen LogP contribution >= 0.6 is 0 Å². The number of aryl methyl sites for hydroxylation is 1. The summed E-state index contributed by atoms with van der Waals surface area (Å²) < 4.78 is 1.82. The van der Waals surface area contributed by atoms with Gasteiger partial charge in [0.2, 0.25) is 0 Å². The number of carbonyl (C=O) groups is 1. The highest BCUT2D eigenvalue weighted by atomic mass is 16.1. The van der Waals surface area contributed by atoms with Crippen molar-refractivity contribution in [2.24, 2.45) is 5.92 Å². The Hall–Kier alpha value is -3.15. The minimum atomic E-state index is -0.192. The lowest BCUT2D eigenvalue weighted by atomic mass is 10.1. The van der Waals surface area contributed by atoms with E-state index in [0.29, 0.717) is 16.5 Å². The van der Waals surface area contributed by atoms with E-state index in [4.69, 9.17) is 4.98 Å². The first kappa shape index (κ1) is 20.7. The molecular formula is C26H30N4O2. The molecule has 0 radical (unpaired) electrons. The second kappa shape index (κ2) is 8.77. The molecule has 2 aliphatic rings. The number of nitrogens with zero attached hydrogens (tertiary/aromatic N) is 3. The third kappa shape index (κ3) is 4.14. The fourth-order valence-electron chi connectivity index (χ4n) is 4.86. The number of aromatic nitrogens is 2. The van der Waals surface area contributed by atoms with Crippen LogP contribution in [0.1, 0.15) is 55.2 Å². The number of carbonyl (C=O) groups excluding carboxylic acids is 1. The fraction of sp³-hybridized carbons (Fsp3) is 0.423. The Kier molecular flexibility index (Phi) is 5.68. The number of fused-ring (bicyclic) bond motifs is 2. The number of amides is 1. The third-order valence-corrected chi connectivity index (χ3v) is 6.74. The average Bonchev–Trinajstić information content (AvgIpc) is 3.21. The topological polar surface area (TPSA) is 67.2 Å². The van der Waals surface area contributed by atoms with E-state index in [-0.39, 0.29) is 11.5 Å². The molecule has 1 fully saturated rings. The van der Waals surface area contributed by atoms with E-state index in [1.165, 1.54) is 18.5 Å². The van der Waals surface area contributed by atoms with Crippen LogP contribution in [0.15, 0.2) is 47.3 Å². The summed E-state index contributed by atoms with van der Waals surface area (Å²) in [5.41, 5.74) is 3.08. The van der Waals surface area contributed by atoms with Gasteiger partial charge in [0.25, 0.3) is 11.5 Å². The molecule has 1 atom stereocenters. The first-order valence-corrected chi connectivity index (χ1v) is 11.8. The summed E-state index contributed by atoms with van der Waals surface area (Å²) in [7, 11) is 0. The lowest BCUT2D eigenvalue weighted by Gasteiger charge is -2.18. The third-order valence-electron chi connectivity index (χ3n) is 6.74. The van der Waals surface area contributed by atoms with E-state index < -0.39 is 0 Å². The molecule has 0 spiro atoms. The molecule has 0 saturated carbocycles. The van der Waals surface area contributed by atoms with Crippen LogP contribution in [0.2, 0.25) is 0 Å². The molecule has 0 bridgehead atoms. The van der Waals surface area contributed by atoms with Crippen LogP contribution in [0.5, 0.6) is 0 Å². The van der Waals surface area contributed by atoms with Crippen molar-refractivity contribution < 1.29 is 4.79 Å². The zero-order chi connectivity index (χ0) is 22.1. The molecule has 1 unspecified atom stereocenters. The van der Waals surface area contributed by atoms with Gasteiger partial charge in [0.15, 0.2) is 0 Å². The number of hydrogen-bond donors (Lipinski definition) is 1. The van der Waals surface area contributed by atoms with Gasteiger partial charge in [0.05, 0.1) is 10.9 Å². The highest BCUT2D eigenvalue weighted by Crippen LogP contribution is 2.25. The molecule has 32 heavy (non-hydrogen) atoms. The number of benzene rings is 2. The van der Waals surface area contributed by atoms with E-state index in [1.54, 1.807) is 18.2 Å². The largest absolute Gasteiger partial charge is 0.371 e. The lowest BCUT2D eigenvalue weighted by Crippen LogP contribution is -2.26. The van der Waals surface area contributed by atoms with Gasteiger partial charge in [-0.1, -0.05) is 19.8 Å². The van der Waals surface area contributed by atoms with Gasteiger partial charge in [-0.3, -0.25) is 14.2 Å². The summed E-state index contributed by atoms with van der Waals surface area (Å²) in [4.78, 5) is 33.0. The predicted octanol–water partition coefficient (Wildman–Crippen LogP) is 4.61. The van der Waals surface area contributed by atoms with Crippen molar-refractivity contribution >= 4 is 28.2 Å². The van der Waals surface area contributed by atoms with Gasteiger partial charge in [-0.05, 0) is 67.6 Å². The van der Waals surface area contributed by atoms with Gasteiger partial charge in [-0.2, -0.15) is 0 Å². The van der Waals surface area contributed by atoms with Crippen molar-refractivity contribution in [3.05, 3.63) is 64.2 Å². The second-order valence-electron chi connectivity index (χ2n) is 9.22. The number of rotatable bonds is 3. The minimum absolute atomic E-state index is 0.00526. The van der Waals surface area contributed by atoms with Crippen LogP contribution in [-0.4, -0.2) is 28.5 Å². The highest BCUT2D eigenvalue weighted by molar-refractivity contribution is 6.06. The normalized spacial score (nSPS) is 18.8. The maximum Gasteiger partial charge on any atom is 0.261 e. The van der Waals surface area contributed by atoms with Gasteiger partial charge >= 0.3 is 0 Å². The van der Waals surface area contributed by atoms with E-state index >= 15 is 0 Å². The highest BCUT2D eigenvalue weighted by Gasteiger charge is 2.19.